The van der Waals surface area contributed by atoms with Gasteiger partial charge >= 0.3 is 0 Å². The maximum Gasteiger partial charge on any atom is 0.251 e. The molecular weight excluding hydrogens is 360 g/mol. The second-order valence-corrected chi connectivity index (χ2v) is 7.29. The summed E-state index contributed by atoms with van der Waals surface area (Å²) < 4.78 is 0. The van der Waals surface area contributed by atoms with E-state index in [1.54, 1.807) is 36.7 Å². The smallest absolute Gasteiger partial charge is 0.251 e. The zero-order chi connectivity index (χ0) is 18.6. The standard InChI is InChI=1S/C20H18N4O2S/c25-18(10-17-12-27-20(24-17)14-2-1-9-21-11-14)22-15-5-3-13(4-6-15)19(26)23-16-7-8-16/h1-6,9,11-12,16H,7-8,10H2,(H,22,25)(H,23,26). The molecule has 1 aliphatic carbocycles. The Bertz CT molecular complexity index is 950. The number of anilines is 1. The number of thiazole rings is 1. The molecule has 4 rings (SSSR count). The molecule has 1 aliphatic rings. The SMILES string of the molecule is O=C(Cc1csc(-c2cccnc2)n1)Nc1ccc(C(=O)NC2CC2)cc1. The molecule has 0 bridgehead atoms. The Hall–Kier alpha value is -3.06. The summed E-state index contributed by atoms with van der Waals surface area (Å²) in [6.07, 6.45) is 5.77. The number of pyridine rings is 1. The molecule has 2 aromatic heterocycles. The molecule has 2 N–H and O–H groups in total. The summed E-state index contributed by atoms with van der Waals surface area (Å²) in [5.74, 6) is -0.214. The fourth-order valence-electron chi connectivity index (χ4n) is 2.58. The zero-order valence-electron chi connectivity index (χ0n) is 14.5. The van der Waals surface area contributed by atoms with Gasteiger partial charge in [-0.1, -0.05) is 0 Å². The average Bonchev–Trinajstić information content (AvgIpc) is 3.38. The lowest BCUT2D eigenvalue weighted by Crippen LogP contribution is -2.25. The summed E-state index contributed by atoms with van der Waals surface area (Å²) in [6.45, 7) is 0. The van der Waals surface area contributed by atoms with Crippen LogP contribution in [0.5, 0.6) is 0 Å². The van der Waals surface area contributed by atoms with E-state index in [4.69, 9.17) is 0 Å². The van der Waals surface area contributed by atoms with Crippen molar-refractivity contribution in [3.8, 4) is 10.6 Å². The second-order valence-electron chi connectivity index (χ2n) is 6.44. The van der Waals surface area contributed by atoms with Gasteiger partial charge < -0.3 is 10.6 Å². The Morgan fingerprint density at radius 1 is 1.15 bits per heavy atom. The van der Waals surface area contributed by atoms with E-state index < -0.39 is 0 Å². The summed E-state index contributed by atoms with van der Waals surface area (Å²) in [7, 11) is 0. The van der Waals surface area contributed by atoms with Crippen molar-refractivity contribution in [3.63, 3.8) is 0 Å². The summed E-state index contributed by atoms with van der Waals surface area (Å²) >= 11 is 1.49. The molecule has 0 atom stereocenters. The lowest BCUT2D eigenvalue weighted by atomic mass is 10.2. The van der Waals surface area contributed by atoms with Crippen molar-refractivity contribution in [2.24, 2.45) is 0 Å². The van der Waals surface area contributed by atoms with Crippen LogP contribution in [0, 0.1) is 0 Å². The first-order valence-corrected chi connectivity index (χ1v) is 9.61. The van der Waals surface area contributed by atoms with E-state index in [1.807, 2.05) is 17.5 Å². The lowest BCUT2D eigenvalue weighted by molar-refractivity contribution is -0.115. The van der Waals surface area contributed by atoms with Crippen LogP contribution in [0.25, 0.3) is 10.6 Å². The van der Waals surface area contributed by atoms with Crippen molar-refractivity contribution < 1.29 is 9.59 Å². The fraction of sp³-hybridized carbons (Fsp3) is 0.200. The molecule has 2 amide bonds. The van der Waals surface area contributed by atoms with E-state index in [9.17, 15) is 9.59 Å². The molecule has 1 saturated carbocycles. The first-order chi connectivity index (χ1) is 13.2. The van der Waals surface area contributed by atoms with Crippen molar-refractivity contribution in [1.82, 2.24) is 15.3 Å². The van der Waals surface area contributed by atoms with Gasteiger partial charge in [0.2, 0.25) is 5.91 Å². The highest BCUT2D eigenvalue weighted by molar-refractivity contribution is 7.13. The molecule has 7 heteroatoms. The minimum Gasteiger partial charge on any atom is -0.349 e. The van der Waals surface area contributed by atoms with E-state index in [0.29, 0.717) is 17.3 Å². The monoisotopic (exact) mass is 378 g/mol. The zero-order valence-corrected chi connectivity index (χ0v) is 15.3. The molecule has 0 unspecified atom stereocenters. The van der Waals surface area contributed by atoms with Crippen molar-refractivity contribution in [2.75, 3.05) is 5.32 Å². The van der Waals surface area contributed by atoms with Crippen molar-refractivity contribution in [2.45, 2.75) is 25.3 Å². The number of hydrogen-bond donors (Lipinski definition) is 2. The fourth-order valence-corrected chi connectivity index (χ4v) is 3.39. The highest BCUT2D eigenvalue weighted by Gasteiger charge is 2.23. The van der Waals surface area contributed by atoms with Gasteiger partial charge in [-0.05, 0) is 49.2 Å². The van der Waals surface area contributed by atoms with E-state index in [-0.39, 0.29) is 18.2 Å². The first-order valence-electron chi connectivity index (χ1n) is 8.73. The highest BCUT2D eigenvalue weighted by Crippen LogP contribution is 2.23. The van der Waals surface area contributed by atoms with Crippen molar-refractivity contribution in [1.29, 1.82) is 0 Å². The second kappa shape index (κ2) is 7.67. The van der Waals surface area contributed by atoms with Gasteiger partial charge in [0.25, 0.3) is 5.91 Å². The van der Waals surface area contributed by atoms with Crippen LogP contribution < -0.4 is 10.6 Å². The molecule has 27 heavy (non-hydrogen) atoms. The Kier molecular flexibility index (Phi) is 4.93. The minimum absolute atomic E-state index is 0.0687. The topological polar surface area (TPSA) is 84.0 Å². The van der Waals surface area contributed by atoms with E-state index in [2.05, 4.69) is 20.6 Å². The van der Waals surface area contributed by atoms with Crippen LogP contribution in [0.1, 0.15) is 28.9 Å². The van der Waals surface area contributed by atoms with Gasteiger partial charge in [0.1, 0.15) is 5.01 Å². The minimum atomic E-state index is -0.145. The number of nitrogens with zero attached hydrogens (tertiary/aromatic N) is 2. The molecule has 0 radical (unpaired) electrons. The molecule has 136 valence electrons. The van der Waals surface area contributed by atoms with Gasteiger partial charge in [0, 0.05) is 40.6 Å². The van der Waals surface area contributed by atoms with Crippen LogP contribution in [0.3, 0.4) is 0 Å². The van der Waals surface area contributed by atoms with Crippen LogP contribution >= 0.6 is 11.3 Å². The average molecular weight is 378 g/mol. The summed E-state index contributed by atoms with van der Waals surface area (Å²) in [5, 5.41) is 8.51. The predicted molar refractivity (Wildman–Crippen MR) is 105 cm³/mol. The van der Waals surface area contributed by atoms with E-state index in [1.165, 1.54) is 11.3 Å². The third-order valence-electron chi connectivity index (χ3n) is 4.15. The number of carbonyl (C=O) groups is 2. The molecule has 1 fully saturated rings. The van der Waals surface area contributed by atoms with Crippen molar-refractivity contribution >= 4 is 28.8 Å². The Morgan fingerprint density at radius 2 is 1.96 bits per heavy atom. The van der Waals surface area contributed by atoms with Crippen LogP contribution in [0.2, 0.25) is 0 Å². The van der Waals surface area contributed by atoms with Gasteiger partial charge in [-0.3, -0.25) is 14.6 Å². The summed E-state index contributed by atoms with van der Waals surface area (Å²) in [5.41, 5.74) is 2.91. The maximum atomic E-state index is 12.3. The molecule has 0 saturated heterocycles. The normalized spacial score (nSPS) is 13.2. The number of hydrogen-bond acceptors (Lipinski definition) is 5. The number of nitrogens with one attached hydrogen (secondary N) is 2. The number of rotatable bonds is 6. The lowest BCUT2D eigenvalue weighted by Gasteiger charge is -2.06. The molecule has 1 aromatic carbocycles. The first kappa shape index (κ1) is 17.4. The Morgan fingerprint density at radius 3 is 2.67 bits per heavy atom. The van der Waals surface area contributed by atoms with E-state index >= 15 is 0 Å². The molecular formula is C20H18N4O2S. The molecule has 2 heterocycles. The third kappa shape index (κ3) is 4.57. The van der Waals surface area contributed by atoms with Crippen LogP contribution in [-0.4, -0.2) is 27.8 Å². The van der Waals surface area contributed by atoms with Gasteiger partial charge in [0.05, 0.1) is 12.1 Å². The number of benzene rings is 1. The van der Waals surface area contributed by atoms with Crippen molar-refractivity contribution in [3.05, 3.63) is 65.4 Å². The molecule has 3 aromatic rings. The summed E-state index contributed by atoms with van der Waals surface area (Å²) in [4.78, 5) is 32.8. The number of aromatic nitrogens is 2. The van der Waals surface area contributed by atoms with Gasteiger partial charge in [-0.15, -0.1) is 11.3 Å². The number of amides is 2. The Balaban J connectivity index is 1.34. The maximum absolute atomic E-state index is 12.3. The van der Waals surface area contributed by atoms with Gasteiger partial charge in [-0.2, -0.15) is 0 Å². The Labute approximate surface area is 160 Å². The highest BCUT2D eigenvalue weighted by atomic mass is 32.1. The van der Waals surface area contributed by atoms with Crippen LogP contribution in [0.15, 0.2) is 54.2 Å². The van der Waals surface area contributed by atoms with Crippen LogP contribution in [0.4, 0.5) is 5.69 Å². The molecule has 0 aliphatic heterocycles. The van der Waals surface area contributed by atoms with Gasteiger partial charge in [0.15, 0.2) is 0 Å². The molecule has 6 nitrogen and oxygen atoms in total. The quantitative estimate of drug-likeness (QED) is 0.689. The molecule has 0 spiro atoms. The summed E-state index contributed by atoms with van der Waals surface area (Å²) in [6, 6.07) is 11.0. The van der Waals surface area contributed by atoms with E-state index in [0.717, 1.165) is 29.1 Å². The third-order valence-corrected chi connectivity index (χ3v) is 5.09. The predicted octanol–water partition coefficient (Wildman–Crippen LogP) is 3.28. The largest absolute Gasteiger partial charge is 0.349 e. The van der Waals surface area contributed by atoms with Crippen LogP contribution in [-0.2, 0) is 11.2 Å². The van der Waals surface area contributed by atoms with Gasteiger partial charge in [-0.25, -0.2) is 4.98 Å². The number of carbonyl (C=O) groups excluding carboxylic acids is 2.